The monoisotopic (exact) mass is 191 g/mol. The Morgan fingerprint density at radius 2 is 1.86 bits per heavy atom. The smallest absolute Gasteiger partial charge is 0.225 e. The topological polar surface area (TPSA) is 90.7 Å². The van der Waals surface area contributed by atoms with Gasteiger partial charge in [-0.2, -0.15) is 15.0 Å². The first-order chi connectivity index (χ1) is 6.75. The van der Waals surface area contributed by atoms with E-state index in [4.69, 9.17) is 11.5 Å². The molecule has 0 unspecified atom stereocenters. The van der Waals surface area contributed by atoms with Gasteiger partial charge in [0.25, 0.3) is 0 Å². The Balaban J connectivity index is 2.30. The van der Waals surface area contributed by atoms with Gasteiger partial charge in [-0.3, -0.25) is 0 Å². The number of anilines is 2. The molecule has 1 aromatic rings. The van der Waals surface area contributed by atoms with E-state index in [9.17, 15) is 0 Å². The highest BCUT2D eigenvalue weighted by molar-refractivity contribution is 5.28. The number of nitrogen functional groups attached to an aromatic ring is 2. The number of nitrogens with zero attached hydrogens (tertiary/aromatic N) is 3. The van der Waals surface area contributed by atoms with E-state index in [0.29, 0.717) is 5.82 Å². The largest absolute Gasteiger partial charge is 0.368 e. The maximum Gasteiger partial charge on any atom is 0.225 e. The summed E-state index contributed by atoms with van der Waals surface area (Å²) in [7, 11) is 0. The summed E-state index contributed by atoms with van der Waals surface area (Å²) in [5.74, 6) is 1.33. The fourth-order valence-electron chi connectivity index (χ4n) is 1.62. The molecule has 74 valence electrons. The van der Waals surface area contributed by atoms with E-state index < -0.39 is 0 Å². The lowest BCUT2D eigenvalue weighted by atomic mass is 9.95. The van der Waals surface area contributed by atoms with Crippen LogP contribution >= 0.6 is 0 Å². The van der Waals surface area contributed by atoms with Crippen molar-refractivity contribution in [3.8, 4) is 0 Å². The van der Waals surface area contributed by atoms with Crippen LogP contribution in [0.15, 0.2) is 12.2 Å². The first kappa shape index (κ1) is 8.93. The molecule has 0 bridgehead atoms. The summed E-state index contributed by atoms with van der Waals surface area (Å²) in [6.07, 6.45) is 7.60. The van der Waals surface area contributed by atoms with Gasteiger partial charge in [0.15, 0.2) is 0 Å². The van der Waals surface area contributed by atoms with Gasteiger partial charge in [0.05, 0.1) is 0 Å². The number of allylic oxidation sites excluding steroid dienone is 2. The van der Waals surface area contributed by atoms with Crippen LogP contribution in [-0.2, 0) is 0 Å². The summed E-state index contributed by atoms with van der Waals surface area (Å²) in [6.45, 7) is 0. The summed E-state index contributed by atoms with van der Waals surface area (Å²) >= 11 is 0. The minimum Gasteiger partial charge on any atom is -0.368 e. The average Bonchev–Trinajstić information content (AvgIpc) is 2.18. The van der Waals surface area contributed by atoms with E-state index >= 15 is 0 Å². The van der Waals surface area contributed by atoms with Crippen LogP contribution in [0.1, 0.15) is 31.0 Å². The van der Waals surface area contributed by atoms with Gasteiger partial charge in [0.1, 0.15) is 5.82 Å². The molecular weight excluding hydrogens is 178 g/mol. The van der Waals surface area contributed by atoms with Crippen LogP contribution in [0, 0.1) is 0 Å². The highest BCUT2D eigenvalue weighted by Gasteiger charge is 2.15. The van der Waals surface area contributed by atoms with E-state index in [1.54, 1.807) is 0 Å². The van der Waals surface area contributed by atoms with Crippen LogP contribution in [0.2, 0.25) is 0 Å². The highest BCUT2D eigenvalue weighted by atomic mass is 15.1. The van der Waals surface area contributed by atoms with Crippen LogP contribution in [0.25, 0.3) is 0 Å². The third kappa shape index (κ3) is 1.81. The van der Waals surface area contributed by atoms with Crippen molar-refractivity contribution in [3.63, 3.8) is 0 Å². The molecule has 2 rings (SSSR count). The molecule has 1 aliphatic carbocycles. The van der Waals surface area contributed by atoms with Crippen molar-refractivity contribution in [1.82, 2.24) is 15.0 Å². The number of rotatable bonds is 1. The second-order valence-electron chi connectivity index (χ2n) is 3.38. The van der Waals surface area contributed by atoms with Gasteiger partial charge >= 0.3 is 0 Å². The number of aromatic nitrogens is 3. The molecule has 0 saturated carbocycles. The standard InChI is InChI=1S/C9H13N5/c10-8-12-7(13-9(11)14-8)6-4-2-1-3-5-6/h2,4,6H,1,3,5H2,(H4,10,11,12,13,14)/t6-/m1/s1. The Morgan fingerprint density at radius 1 is 1.14 bits per heavy atom. The van der Waals surface area contributed by atoms with Crippen molar-refractivity contribution in [3.05, 3.63) is 18.0 Å². The molecular formula is C9H13N5. The fraction of sp³-hybridized carbons (Fsp3) is 0.444. The molecule has 1 aliphatic rings. The van der Waals surface area contributed by atoms with Gasteiger partial charge in [-0.1, -0.05) is 12.2 Å². The highest BCUT2D eigenvalue weighted by Crippen LogP contribution is 2.25. The van der Waals surface area contributed by atoms with Gasteiger partial charge in [0, 0.05) is 5.92 Å². The molecule has 1 heterocycles. The van der Waals surface area contributed by atoms with Crippen LogP contribution in [0.4, 0.5) is 11.9 Å². The van der Waals surface area contributed by atoms with Crippen LogP contribution < -0.4 is 11.5 Å². The summed E-state index contributed by atoms with van der Waals surface area (Å²) in [5, 5.41) is 0. The molecule has 0 radical (unpaired) electrons. The second-order valence-corrected chi connectivity index (χ2v) is 3.38. The van der Waals surface area contributed by atoms with Crippen molar-refractivity contribution >= 4 is 11.9 Å². The van der Waals surface area contributed by atoms with E-state index in [-0.39, 0.29) is 17.8 Å². The van der Waals surface area contributed by atoms with Gasteiger partial charge in [-0.05, 0) is 19.3 Å². The molecule has 14 heavy (non-hydrogen) atoms. The van der Waals surface area contributed by atoms with E-state index in [0.717, 1.165) is 19.3 Å². The molecule has 0 aromatic carbocycles. The summed E-state index contributed by atoms with van der Waals surface area (Å²) in [6, 6.07) is 0. The van der Waals surface area contributed by atoms with Crippen molar-refractivity contribution in [2.75, 3.05) is 11.5 Å². The second kappa shape index (κ2) is 3.61. The van der Waals surface area contributed by atoms with E-state index in [2.05, 4.69) is 27.1 Å². The summed E-state index contributed by atoms with van der Waals surface area (Å²) < 4.78 is 0. The Morgan fingerprint density at radius 3 is 2.43 bits per heavy atom. The number of hydrogen-bond acceptors (Lipinski definition) is 5. The zero-order valence-corrected chi connectivity index (χ0v) is 7.85. The van der Waals surface area contributed by atoms with Crippen molar-refractivity contribution in [2.45, 2.75) is 25.2 Å². The predicted molar refractivity (Wildman–Crippen MR) is 54.4 cm³/mol. The molecule has 0 amide bonds. The first-order valence-electron chi connectivity index (χ1n) is 4.69. The molecule has 1 atom stereocenters. The lowest BCUT2D eigenvalue weighted by molar-refractivity contribution is 0.624. The molecule has 0 fully saturated rings. The van der Waals surface area contributed by atoms with Gasteiger partial charge < -0.3 is 11.5 Å². The molecule has 4 N–H and O–H groups in total. The van der Waals surface area contributed by atoms with Crippen LogP contribution in [0.5, 0.6) is 0 Å². The SMILES string of the molecule is Nc1nc(N)nc([C@@H]2C=CCCC2)n1. The zero-order chi connectivity index (χ0) is 9.97. The molecule has 0 aliphatic heterocycles. The van der Waals surface area contributed by atoms with Crippen molar-refractivity contribution in [2.24, 2.45) is 0 Å². The normalized spacial score (nSPS) is 21.0. The summed E-state index contributed by atoms with van der Waals surface area (Å²) in [4.78, 5) is 11.9. The Kier molecular flexibility index (Phi) is 2.30. The minimum atomic E-state index is 0.200. The number of hydrogen-bond donors (Lipinski definition) is 2. The summed E-state index contributed by atoms with van der Waals surface area (Å²) in [5.41, 5.74) is 11.0. The maximum atomic E-state index is 5.50. The third-order valence-corrected chi connectivity index (χ3v) is 2.27. The van der Waals surface area contributed by atoms with E-state index in [1.165, 1.54) is 0 Å². The molecule has 5 nitrogen and oxygen atoms in total. The maximum absolute atomic E-state index is 5.50. The van der Waals surface area contributed by atoms with Crippen molar-refractivity contribution in [1.29, 1.82) is 0 Å². The zero-order valence-electron chi connectivity index (χ0n) is 7.85. The van der Waals surface area contributed by atoms with Crippen LogP contribution in [0.3, 0.4) is 0 Å². The molecule has 5 heteroatoms. The third-order valence-electron chi connectivity index (χ3n) is 2.27. The lowest BCUT2D eigenvalue weighted by Gasteiger charge is -2.14. The first-order valence-corrected chi connectivity index (χ1v) is 4.69. The lowest BCUT2D eigenvalue weighted by Crippen LogP contribution is -2.10. The Bertz CT molecular complexity index is 340. The quantitative estimate of drug-likeness (QED) is 0.642. The fourth-order valence-corrected chi connectivity index (χ4v) is 1.62. The molecule has 0 spiro atoms. The number of nitrogens with two attached hydrogens (primary N) is 2. The van der Waals surface area contributed by atoms with Crippen LogP contribution in [-0.4, -0.2) is 15.0 Å². The molecule has 1 aromatic heterocycles. The Labute approximate surface area is 82.3 Å². The van der Waals surface area contributed by atoms with Gasteiger partial charge in [-0.15, -0.1) is 0 Å². The Hall–Kier alpha value is -1.65. The van der Waals surface area contributed by atoms with Gasteiger partial charge in [-0.25, -0.2) is 0 Å². The van der Waals surface area contributed by atoms with Gasteiger partial charge in [0.2, 0.25) is 11.9 Å². The predicted octanol–water partition coefficient (Wildman–Crippen LogP) is 0.860. The minimum absolute atomic E-state index is 0.200. The molecule has 0 saturated heterocycles. The average molecular weight is 191 g/mol. The van der Waals surface area contributed by atoms with Crippen molar-refractivity contribution < 1.29 is 0 Å². The van der Waals surface area contributed by atoms with E-state index in [1.807, 2.05) is 0 Å².